The number of para-hydroxylation sites is 1. The predicted octanol–water partition coefficient (Wildman–Crippen LogP) is 3.92. The van der Waals surface area contributed by atoms with E-state index in [1.165, 1.54) is 10.8 Å². The summed E-state index contributed by atoms with van der Waals surface area (Å²) in [7, 11) is 0. The number of hydrogen-bond acceptors (Lipinski definition) is 6. The van der Waals surface area contributed by atoms with Crippen molar-refractivity contribution in [3.8, 4) is 16.9 Å². The van der Waals surface area contributed by atoms with E-state index in [1.54, 1.807) is 24.4 Å². The summed E-state index contributed by atoms with van der Waals surface area (Å²) >= 11 is 6.81. The minimum absolute atomic E-state index is 0.131. The van der Waals surface area contributed by atoms with E-state index in [0.717, 1.165) is 4.47 Å². The average molecular weight is 584 g/mol. The van der Waals surface area contributed by atoms with Crippen molar-refractivity contribution in [1.82, 2.24) is 20.4 Å². The van der Waals surface area contributed by atoms with Crippen LogP contribution < -0.4 is 16.3 Å². The Morgan fingerprint density at radius 1 is 0.941 bits per heavy atom. The molecule has 0 spiro atoms. The number of nitrogens with one attached hydrogen (secondary N) is 2. The van der Waals surface area contributed by atoms with Crippen molar-refractivity contribution in [3.05, 3.63) is 85.2 Å². The molecule has 1 aliphatic heterocycles. The van der Waals surface area contributed by atoms with Gasteiger partial charge >= 0.3 is 11.7 Å². The predicted molar refractivity (Wildman–Crippen MR) is 130 cm³/mol. The molecule has 1 saturated heterocycles. The molecular weight excluding hydrogens is 572 g/mol. The Labute approximate surface area is 207 Å². The second-order valence-corrected chi connectivity index (χ2v) is 9.03. The van der Waals surface area contributed by atoms with Crippen molar-refractivity contribution < 1.29 is 18.8 Å². The fourth-order valence-corrected chi connectivity index (χ4v) is 4.84. The molecule has 1 fully saturated rings. The van der Waals surface area contributed by atoms with E-state index in [9.17, 15) is 19.2 Å². The number of carbonyl (C=O) groups excluding carboxylic acids is 3. The molecule has 9 nitrogen and oxygen atoms in total. The maximum absolute atomic E-state index is 13.0. The maximum atomic E-state index is 13.0. The third-order valence-electron chi connectivity index (χ3n) is 5.01. The number of hydrogen-bond donors (Lipinski definition) is 2. The fourth-order valence-electron chi connectivity index (χ4n) is 3.50. The molecule has 0 bridgehead atoms. The van der Waals surface area contributed by atoms with E-state index in [-0.39, 0.29) is 16.8 Å². The van der Waals surface area contributed by atoms with Gasteiger partial charge < -0.3 is 4.42 Å². The first-order valence-electron chi connectivity index (χ1n) is 9.77. The highest BCUT2D eigenvalue weighted by atomic mass is 79.9. The average Bonchev–Trinajstić information content (AvgIpc) is 3.20. The lowest BCUT2D eigenvalue weighted by molar-refractivity contribution is -0.123. The van der Waals surface area contributed by atoms with Gasteiger partial charge in [0.25, 0.3) is 11.8 Å². The molecule has 0 unspecified atom stereocenters. The van der Waals surface area contributed by atoms with Crippen LogP contribution in [0.5, 0.6) is 0 Å². The largest absolute Gasteiger partial charge is 0.421 e. The zero-order valence-electron chi connectivity index (χ0n) is 17.0. The van der Waals surface area contributed by atoms with Gasteiger partial charge in [-0.15, -0.1) is 0 Å². The van der Waals surface area contributed by atoms with Gasteiger partial charge in [-0.25, -0.2) is 14.3 Å². The van der Waals surface area contributed by atoms with E-state index in [0.29, 0.717) is 26.7 Å². The van der Waals surface area contributed by atoms with Crippen LogP contribution in [0.2, 0.25) is 0 Å². The zero-order chi connectivity index (χ0) is 24.0. The highest BCUT2D eigenvalue weighted by Crippen LogP contribution is 2.31. The van der Waals surface area contributed by atoms with Crippen molar-refractivity contribution >= 4 is 66.8 Å². The number of amides is 4. The van der Waals surface area contributed by atoms with Gasteiger partial charge in [0, 0.05) is 21.6 Å². The van der Waals surface area contributed by atoms with E-state index in [1.807, 2.05) is 41.0 Å². The Bertz CT molecular complexity index is 1580. The first-order chi connectivity index (χ1) is 16.3. The summed E-state index contributed by atoms with van der Waals surface area (Å²) in [6.45, 7) is 0. The molecule has 0 radical (unpaired) electrons. The third-order valence-corrected chi connectivity index (χ3v) is 6.06. The molecule has 4 amide bonds. The summed E-state index contributed by atoms with van der Waals surface area (Å²) in [5.74, 6) is -1.71. The number of nitrogens with zero attached hydrogens (tertiary/aromatic N) is 2. The maximum Gasteiger partial charge on any atom is 0.345 e. The minimum atomic E-state index is -0.904. The summed E-state index contributed by atoms with van der Waals surface area (Å²) in [4.78, 5) is 48.9. The van der Waals surface area contributed by atoms with Crippen LogP contribution in [-0.2, 0) is 9.59 Å². The van der Waals surface area contributed by atoms with Crippen LogP contribution in [0.1, 0.15) is 5.56 Å². The van der Waals surface area contributed by atoms with Gasteiger partial charge in [0.05, 0.1) is 15.7 Å². The van der Waals surface area contributed by atoms with Crippen molar-refractivity contribution in [2.45, 2.75) is 0 Å². The number of fused-ring (bicyclic) bond motifs is 1. The lowest BCUT2D eigenvalue weighted by atomic mass is 10.0. The highest BCUT2D eigenvalue weighted by molar-refractivity contribution is 9.11. The summed E-state index contributed by atoms with van der Waals surface area (Å²) in [6.07, 6.45) is 2.86. The van der Waals surface area contributed by atoms with Crippen molar-refractivity contribution in [3.63, 3.8) is 0 Å². The number of benzene rings is 2. The van der Waals surface area contributed by atoms with Crippen molar-refractivity contribution in [2.24, 2.45) is 0 Å². The second kappa shape index (κ2) is 8.50. The van der Waals surface area contributed by atoms with E-state index >= 15 is 0 Å². The molecule has 3 heterocycles. The Kier molecular flexibility index (Phi) is 5.50. The topological polar surface area (TPSA) is 123 Å². The van der Waals surface area contributed by atoms with Gasteiger partial charge in [0.2, 0.25) is 0 Å². The van der Waals surface area contributed by atoms with Gasteiger partial charge in [-0.2, -0.15) is 5.10 Å². The Balaban J connectivity index is 1.74. The molecule has 0 aliphatic carbocycles. The van der Waals surface area contributed by atoms with Crippen molar-refractivity contribution in [2.75, 3.05) is 0 Å². The smallest absolute Gasteiger partial charge is 0.345 e. The standard InChI is InChI=1S/C23H12Br2N4O5/c24-13-6-11-7-15(22(32)34-19(11)17(25)9-13)18-12(8-16-20(30)26-23(33)27-21(16)31)10-29(28-18)14-4-2-1-3-5-14/h1-10H,(H2,26,27,30,31,33). The molecule has 5 rings (SSSR count). The normalized spacial score (nSPS) is 13.7. The molecule has 34 heavy (non-hydrogen) atoms. The first kappa shape index (κ1) is 22.0. The van der Waals surface area contributed by atoms with Gasteiger partial charge in [-0.05, 0) is 52.3 Å². The molecule has 168 valence electrons. The highest BCUT2D eigenvalue weighted by Gasteiger charge is 2.29. The molecule has 11 heteroatoms. The van der Waals surface area contributed by atoms with Gasteiger partial charge in [0.1, 0.15) is 11.3 Å². The number of rotatable bonds is 3. The van der Waals surface area contributed by atoms with Crippen molar-refractivity contribution in [1.29, 1.82) is 0 Å². The van der Waals surface area contributed by atoms with Crippen LogP contribution in [-0.4, -0.2) is 27.6 Å². The molecule has 2 N–H and O–H groups in total. The number of aromatic nitrogens is 2. The fraction of sp³-hybridized carbons (Fsp3) is 0. The molecule has 4 aromatic rings. The van der Waals surface area contributed by atoms with Crippen LogP contribution >= 0.6 is 31.9 Å². The molecule has 0 atom stereocenters. The minimum Gasteiger partial charge on any atom is -0.421 e. The van der Waals surface area contributed by atoms with Crippen LogP contribution in [0.25, 0.3) is 34.0 Å². The quantitative estimate of drug-likeness (QED) is 0.214. The van der Waals surface area contributed by atoms with Crippen LogP contribution in [0.15, 0.2) is 78.5 Å². The summed E-state index contributed by atoms with van der Waals surface area (Å²) in [5.41, 5.74) is 0.734. The number of carbonyl (C=O) groups is 3. The zero-order valence-corrected chi connectivity index (χ0v) is 20.1. The van der Waals surface area contributed by atoms with Gasteiger partial charge in [0.15, 0.2) is 5.58 Å². The third kappa shape index (κ3) is 3.99. The second-order valence-electron chi connectivity index (χ2n) is 7.26. The van der Waals surface area contributed by atoms with E-state index < -0.39 is 23.5 Å². The molecule has 0 saturated carbocycles. The number of halogens is 2. The number of imide groups is 2. The van der Waals surface area contributed by atoms with Crippen LogP contribution in [0.4, 0.5) is 4.79 Å². The number of barbiturate groups is 1. The lowest BCUT2D eigenvalue weighted by Gasteiger charge is -2.13. The summed E-state index contributed by atoms with van der Waals surface area (Å²) in [6, 6.07) is 13.4. The Morgan fingerprint density at radius 3 is 2.35 bits per heavy atom. The van der Waals surface area contributed by atoms with E-state index in [2.05, 4.69) is 37.0 Å². The summed E-state index contributed by atoms with van der Waals surface area (Å²) in [5, 5.41) is 9.24. The first-order valence-corrected chi connectivity index (χ1v) is 11.4. The van der Waals surface area contributed by atoms with Gasteiger partial charge in [-0.3, -0.25) is 20.2 Å². The monoisotopic (exact) mass is 582 g/mol. The molecular formula is C23H12Br2N4O5. The SMILES string of the molecule is O=C1NC(=O)C(=Cc2cn(-c3ccccc3)nc2-c2cc3cc(Br)cc(Br)c3oc2=O)C(=O)N1. The lowest BCUT2D eigenvalue weighted by Crippen LogP contribution is -2.51. The molecule has 2 aromatic carbocycles. The Hall–Kier alpha value is -3.83. The molecule has 1 aliphatic rings. The number of urea groups is 1. The van der Waals surface area contributed by atoms with Crippen LogP contribution in [0, 0.1) is 0 Å². The van der Waals surface area contributed by atoms with Crippen LogP contribution in [0.3, 0.4) is 0 Å². The van der Waals surface area contributed by atoms with Gasteiger partial charge in [-0.1, -0.05) is 34.1 Å². The summed E-state index contributed by atoms with van der Waals surface area (Å²) < 4.78 is 8.44. The van der Waals surface area contributed by atoms with E-state index in [4.69, 9.17) is 4.42 Å². The molecule has 2 aromatic heterocycles. The Morgan fingerprint density at radius 2 is 1.65 bits per heavy atom.